The summed E-state index contributed by atoms with van der Waals surface area (Å²) in [7, 11) is 0. The number of urea groups is 1. The van der Waals surface area contributed by atoms with Crippen molar-refractivity contribution in [2.45, 2.75) is 6.61 Å². The van der Waals surface area contributed by atoms with Gasteiger partial charge in [-0.15, -0.1) is 0 Å². The molecule has 3 amide bonds. The molecule has 8 heteroatoms. The molecule has 0 atom stereocenters. The highest BCUT2D eigenvalue weighted by molar-refractivity contribution is 9.10. The number of carboxylic acids is 1. The Kier molecular flexibility index (Phi) is 5.56. The van der Waals surface area contributed by atoms with E-state index in [0.29, 0.717) is 27.3 Å². The highest BCUT2D eigenvalue weighted by atomic mass is 79.9. The normalized spacial score (nSPS) is 15.1. The number of carbonyl (C=O) groups is 3. The van der Waals surface area contributed by atoms with Crippen molar-refractivity contribution in [3.05, 3.63) is 69.8 Å². The second kappa shape index (κ2) is 8.05. The molecule has 1 fully saturated rings. The van der Waals surface area contributed by atoms with Crippen LogP contribution in [0.1, 0.15) is 11.1 Å². The van der Waals surface area contributed by atoms with Crippen LogP contribution in [0.5, 0.6) is 5.75 Å². The summed E-state index contributed by atoms with van der Waals surface area (Å²) in [6.45, 7) is -0.267. The third-order valence-electron chi connectivity index (χ3n) is 3.76. The van der Waals surface area contributed by atoms with Crippen molar-refractivity contribution in [3.8, 4) is 5.75 Å². The van der Waals surface area contributed by atoms with Gasteiger partial charge in [0.2, 0.25) is 0 Å². The third-order valence-corrected chi connectivity index (χ3v) is 4.38. The molecule has 1 saturated heterocycles. The van der Waals surface area contributed by atoms with Crippen LogP contribution >= 0.6 is 15.9 Å². The van der Waals surface area contributed by atoms with Crippen molar-refractivity contribution in [2.75, 3.05) is 6.54 Å². The van der Waals surface area contributed by atoms with Gasteiger partial charge in [-0.2, -0.15) is 0 Å². The average molecular weight is 431 g/mol. The van der Waals surface area contributed by atoms with Crippen LogP contribution in [0, 0.1) is 0 Å². The van der Waals surface area contributed by atoms with Crippen LogP contribution in [0.15, 0.2) is 58.7 Å². The molecule has 27 heavy (non-hydrogen) atoms. The molecular weight excluding hydrogens is 416 g/mol. The van der Waals surface area contributed by atoms with Crippen LogP contribution in [-0.2, 0) is 16.2 Å². The Morgan fingerprint density at radius 3 is 2.59 bits per heavy atom. The van der Waals surface area contributed by atoms with Gasteiger partial charge in [-0.1, -0.05) is 36.4 Å². The summed E-state index contributed by atoms with van der Waals surface area (Å²) >= 11 is 3.43. The summed E-state index contributed by atoms with van der Waals surface area (Å²) in [5.74, 6) is -1.30. The SMILES string of the molecule is O=C(O)CN1C(=O)N/C(=C/c2ccc(OCc3ccccc3)c(Br)c2)C1=O. The zero-order valence-corrected chi connectivity index (χ0v) is 15.6. The van der Waals surface area contributed by atoms with Crippen LogP contribution in [-0.4, -0.2) is 34.5 Å². The molecule has 0 spiro atoms. The lowest BCUT2D eigenvalue weighted by atomic mass is 10.2. The number of halogens is 1. The quantitative estimate of drug-likeness (QED) is 0.542. The number of carbonyl (C=O) groups excluding carboxylic acids is 2. The van der Waals surface area contributed by atoms with Crippen molar-refractivity contribution >= 4 is 39.9 Å². The monoisotopic (exact) mass is 430 g/mol. The minimum Gasteiger partial charge on any atom is -0.488 e. The zero-order chi connectivity index (χ0) is 19.4. The van der Waals surface area contributed by atoms with Crippen LogP contribution < -0.4 is 10.1 Å². The van der Waals surface area contributed by atoms with Crippen molar-refractivity contribution in [2.24, 2.45) is 0 Å². The number of nitrogens with one attached hydrogen (secondary N) is 1. The van der Waals surface area contributed by atoms with Crippen LogP contribution in [0.4, 0.5) is 4.79 Å². The smallest absolute Gasteiger partial charge is 0.329 e. The van der Waals surface area contributed by atoms with Gasteiger partial charge in [0.1, 0.15) is 24.6 Å². The van der Waals surface area contributed by atoms with Gasteiger partial charge in [0.05, 0.1) is 4.47 Å². The summed E-state index contributed by atoms with van der Waals surface area (Å²) in [4.78, 5) is 35.2. The second-order valence-corrected chi connectivity index (χ2v) is 6.59. The Labute approximate surface area is 163 Å². The topological polar surface area (TPSA) is 95.9 Å². The fourth-order valence-electron chi connectivity index (χ4n) is 2.48. The summed E-state index contributed by atoms with van der Waals surface area (Å²) in [6, 6.07) is 14.2. The lowest BCUT2D eigenvalue weighted by molar-refractivity contribution is -0.140. The molecule has 0 aliphatic carbocycles. The van der Waals surface area contributed by atoms with Gasteiger partial charge < -0.3 is 15.2 Å². The Bertz CT molecular complexity index is 927. The number of carboxylic acid groups (broad SMARTS) is 1. The molecule has 2 aromatic rings. The number of nitrogens with zero attached hydrogens (tertiary/aromatic N) is 1. The highest BCUT2D eigenvalue weighted by Gasteiger charge is 2.34. The molecule has 0 saturated carbocycles. The molecule has 0 aromatic heterocycles. The first-order chi connectivity index (χ1) is 12.9. The first kappa shape index (κ1) is 18.7. The van der Waals surface area contributed by atoms with Crippen molar-refractivity contribution < 1.29 is 24.2 Å². The summed E-state index contributed by atoms with van der Waals surface area (Å²) in [6.07, 6.45) is 1.48. The molecule has 1 heterocycles. The molecule has 138 valence electrons. The van der Waals surface area contributed by atoms with Gasteiger partial charge in [0, 0.05) is 0 Å². The van der Waals surface area contributed by atoms with Gasteiger partial charge >= 0.3 is 12.0 Å². The lowest BCUT2D eigenvalue weighted by Gasteiger charge is -2.09. The van der Waals surface area contributed by atoms with Crippen LogP contribution in [0.2, 0.25) is 0 Å². The van der Waals surface area contributed by atoms with E-state index in [-0.39, 0.29) is 5.70 Å². The van der Waals surface area contributed by atoms with Gasteiger partial charge in [-0.25, -0.2) is 9.69 Å². The fraction of sp³-hybridized carbons (Fsp3) is 0.105. The maximum Gasteiger partial charge on any atom is 0.329 e. The number of amides is 3. The maximum absolute atomic E-state index is 12.1. The van der Waals surface area contributed by atoms with E-state index in [9.17, 15) is 14.4 Å². The number of ether oxygens (including phenoxy) is 1. The summed E-state index contributed by atoms with van der Waals surface area (Å²) in [5.41, 5.74) is 1.70. The van der Waals surface area contributed by atoms with Crippen molar-refractivity contribution in [3.63, 3.8) is 0 Å². The number of hydrogen-bond acceptors (Lipinski definition) is 4. The molecule has 7 nitrogen and oxygen atoms in total. The number of imide groups is 1. The second-order valence-electron chi connectivity index (χ2n) is 5.74. The first-order valence-corrected chi connectivity index (χ1v) is 8.76. The van der Waals surface area contributed by atoms with E-state index in [1.54, 1.807) is 18.2 Å². The third kappa shape index (κ3) is 4.53. The Balaban J connectivity index is 1.72. The molecule has 3 rings (SSSR count). The van der Waals surface area contributed by atoms with Gasteiger partial charge in [0.15, 0.2) is 0 Å². The Morgan fingerprint density at radius 2 is 1.93 bits per heavy atom. The largest absolute Gasteiger partial charge is 0.488 e. The van der Waals surface area contributed by atoms with Crippen LogP contribution in [0.25, 0.3) is 6.08 Å². The molecule has 0 unspecified atom stereocenters. The Morgan fingerprint density at radius 1 is 1.19 bits per heavy atom. The van der Waals surface area contributed by atoms with Gasteiger partial charge in [-0.05, 0) is 45.3 Å². The first-order valence-electron chi connectivity index (χ1n) is 7.96. The van der Waals surface area contributed by atoms with E-state index in [2.05, 4.69) is 21.2 Å². The maximum atomic E-state index is 12.1. The van der Waals surface area contributed by atoms with E-state index >= 15 is 0 Å². The number of benzene rings is 2. The fourth-order valence-corrected chi connectivity index (χ4v) is 2.99. The predicted octanol–water partition coefficient (Wildman–Crippen LogP) is 3.01. The molecule has 0 bridgehead atoms. The lowest BCUT2D eigenvalue weighted by Crippen LogP contribution is -2.35. The minimum absolute atomic E-state index is 0.0195. The molecular formula is C19H15BrN2O5. The number of hydrogen-bond donors (Lipinski definition) is 2. The number of aliphatic carboxylic acids is 1. The summed E-state index contributed by atoms with van der Waals surface area (Å²) in [5, 5.41) is 11.1. The van der Waals surface area contributed by atoms with Gasteiger partial charge in [0.25, 0.3) is 5.91 Å². The molecule has 2 N–H and O–H groups in total. The molecule has 2 aromatic carbocycles. The highest BCUT2D eigenvalue weighted by Crippen LogP contribution is 2.28. The molecule has 1 aliphatic heterocycles. The van der Waals surface area contributed by atoms with Crippen molar-refractivity contribution in [1.82, 2.24) is 10.2 Å². The van der Waals surface area contributed by atoms with E-state index in [4.69, 9.17) is 9.84 Å². The summed E-state index contributed by atoms with van der Waals surface area (Å²) < 4.78 is 6.46. The van der Waals surface area contributed by atoms with Crippen LogP contribution in [0.3, 0.4) is 0 Å². The molecule has 1 aliphatic rings. The van der Waals surface area contributed by atoms with Crippen molar-refractivity contribution in [1.29, 1.82) is 0 Å². The minimum atomic E-state index is -1.26. The van der Waals surface area contributed by atoms with E-state index in [1.165, 1.54) is 6.08 Å². The Hall–Kier alpha value is -3.13. The van der Waals surface area contributed by atoms with E-state index in [0.717, 1.165) is 5.56 Å². The van der Waals surface area contributed by atoms with E-state index < -0.39 is 24.5 Å². The van der Waals surface area contributed by atoms with E-state index in [1.807, 2.05) is 30.3 Å². The average Bonchev–Trinajstić information content (AvgIpc) is 2.89. The zero-order valence-electron chi connectivity index (χ0n) is 14.0. The number of rotatable bonds is 6. The van der Waals surface area contributed by atoms with Gasteiger partial charge in [-0.3, -0.25) is 9.59 Å². The predicted molar refractivity (Wildman–Crippen MR) is 101 cm³/mol. The standard InChI is InChI=1S/C19H15BrN2O5/c20-14-8-13(6-7-16(14)27-11-12-4-2-1-3-5-12)9-15-18(25)22(10-17(23)24)19(26)21-15/h1-9H,10-11H2,(H,21,26)(H,23,24)/b15-9+. The molecule has 0 radical (unpaired) electrons.